The maximum absolute atomic E-state index is 14.5. The zero-order chi connectivity index (χ0) is 27.5. The minimum absolute atomic E-state index is 0.00199. The number of aryl methyl sites for hydroxylation is 1. The van der Waals surface area contributed by atoms with Gasteiger partial charge in [-0.05, 0) is 48.4 Å². The van der Waals surface area contributed by atoms with Crippen LogP contribution in [0.2, 0.25) is 5.02 Å². The van der Waals surface area contributed by atoms with E-state index in [1.54, 1.807) is 0 Å². The molecule has 14 heteroatoms. The number of nitrogens with zero attached hydrogens (tertiary/aromatic N) is 6. The number of rotatable bonds is 11. The number of pyridine rings is 1. The maximum Gasteiger partial charge on any atom is 0.314 e. The normalized spacial score (nSPS) is 12.7. The van der Waals surface area contributed by atoms with Crippen LogP contribution >= 0.6 is 11.6 Å². The number of aliphatic carboxylic acids is 1. The largest absolute Gasteiger partial charge is 0.481 e. The van der Waals surface area contributed by atoms with E-state index in [1.807, 2.05) is 22.9 Å². The van der Waals surface area contributed by atoms with Gasteiger partial charge < -0.3 is 19.7 Å². The maximum atomic E-state index is 14.5. The fourth-order valence-electron chi connectivity index (χ4n) is 4.23. The van der Waals surface area contributed by atoms with Crippen molar-refractivity contribution >= 4 is 34.8 Å². The predicted octanol–water partition coefficient (Wildman–Crippen LogP) is 3.42. The van der Waals surface area contributed by atoms with Gasteiger partial charge in [0.05, 0.1) is 29.1 Å². The smallest absolute Gasteiger partial charge is 0.314 e. The van der Waals surface area contributed by atoms with Crippen molar-refractivity contribution in [2.45, 2.75) is 44.7 Å². The number of nitriles is 1. The van der Waals surface area contributed by atoms with E-state index in [0.29, 0.717) is 23.7 Å². The number of hydrogen-bond acceptors (Lipinski definition) is 8. The number of carbonyl (C=O) groups is 2. The Morgan fingerprint density at radius 2 is 2.10 bits per heavy atom. The molecular formula is C25H22ClFN8O4. The summed E-state index contributed by atoms with van der Waals surface area (Å²) in [5.74, 6) is -1.75. The Labute approximate surface area is 225 Å². The van der Waals surface area contributed by atoms with Gasteiger partial charge in [0.1, 0.15) is 11.5 Å². The Morgan fingerprint density at radius 3 is 2.85 bits per heavy atom. The Morgan fingerprint density at radius 1 is 1.28 bits per heavy atom. The van der Waals surface area contributed by atoms with E-state index in [9.17, 15) is 14.0 Å². The number of carboxylic acid groups (broad SMARTS) is 1. The van der Waals surface area contributed by atoms with Crippen molar-refractivity contribution in [2.75, 3.05) is 5.48 Å². The summed E-state index contributed by atoms with van der Waals surface area (Å²) in [4.78, 5) is 32.9. The van der Waals surface area contributed by atoms with E-state index in [4.69, 9.17) is 22.0 Å². The molecule has 1 saturated carbocycles. The summed E-state index contributed by atoms with van der Waals surface area (Å²) in [6.07, 6.45) is 9.34. The van der Waals surface area contributed by atoms with Gasteiger partial charge in [-0.15, -0.1) is 10.4 Å². The molecule has 1 amide bonds. The van der Waals surface area contributed by atoms with Gasteiger partial charge >= 0.3 is 12.2 Å². The molecule has 0 radical (unpaired) electrons. The van der Waals surface area contributed by atoms with Gasteiger partial charge in [0.25, 0.3) is 5.91 Å². The van der Waals surface area contributed by atoms with Crippen LogP contribution in [0.25, 0.3) is 5.65 Å². The molecule has 200 valence electrons. The number of nitrogens with one attached hydrogen (secondary N) is 2. The average Bonchev–Trinajstić information content (AvgIpc) is 3.53. The number of halogens is 2. The molecule has 1 fully saturated rings. The van der Waals surface area contributed by atoms with E-state index in [2.05, 4.69) is 30.9 Å². The molecule has 4 aromatic rings. The molecule has 1 aliphatic rings. The van der Waals surface area contributed by atoms with Crippen LogP contribution in [0.5, 0.6) is 0 Å². The summed E-state index contributed by atoms with van der Waals surface area (Å²) in [6.45, 7) is -0.0360. The quantitative estimate of drug-likeness (QED) is 0.187. The van der Waals surface area contributed by atoms with Gasteiger partial charge in [0.15, 0.2) is 5.69 Å². The first-order valence-corrected chi connectivity index (χ1v) is 12.4. The molecule has 0 saturated heterocycles. The minimum Gasteiger partial charge on any atom is -0.481 e. The van der Waals surface area contributed by atoms with Crippen molar-refractivity contribution in [3.63, 3.8) is 0 Å². The topological polar surface area (TPSA) is 159 Å². The number of amides is 1. The molecule has 1 aliphatic carbocycles. The monoisotopic (exact) mass is 552 g/mol. The van der Waals surface area contributed by atoms with Crippen LogP contribution in [0.3, 0.4) is 0 Å². The zero-order valence-electron chi connectivity index (χ0n) is 20.4. The molecule has 0 aliphatic heterocycles. The van der Waals surface area contributed by atoms with Gasteiger partial charge in [-0.2, -0.15) is 0 Å². The van der Waals surface area contributed by atoms with Crippen LogP contribution in [0.4, 0.5) is 10.1 Å². The zero-order valence-corrected chi connectivity index (χ0v) is 21.2. The summed E-state index contributed by atoms with van der Waals surface area (Å²) in [5, 5.41) is 28.0. The highest BCUT2D eigenvalue weighted by molar-refractivity contribution is 6.30. The molecule has 12 nitrogen and oxygen atoms in total. The van der Waals surface area contributed by atoms with Crippen LogP contribution < -0.4 is 10.8 Å². The van der Waals surface area contributed by atoms with Crippen LogP contribution in [0.1, 0.15) is 58.1 Å². The number of hydrogen-bond donors (Lipinski definition) is 3. The van der Waals surface area contributed by atoms with Crippen molar-refractivity contribution in [1.82, 2.24) is 29.7 Å². The molecular weight excluding hydrogens is 531 g/mol. The van der Waals surface area contributed by atoms with E-state index in [1.165, 1.54) is 34.8 Å². The van der Waals surface area contributed by atoms with E-state index in [0.717, 1.165) is 18.4 Å². The molecule has 1 aromatic carbocycles. The molecule has 3 N–H and O–H groups in total. The molecule has 5 rings (SSSR count). The highest BCUT2D eigenvalue weighted by Crippen LogP contribution is 2.40. The Hall–Kier alpha value is -4.70. The number of carboxylic acids is 1. The third-order valence-electron chi connectivity index (χ3n) is 6.28. The van der Waals surface area contributed by atoms with E-state index in [-0.39, 0.29) is 41.5 Å². The van der Waals surface area contributed by atoms with Crippen LogP contribution in [0, 0.1) is 17.3 Å². The lowest BCUT2D eigenvalue weighted by molar-refractivity contribution is -0.136. The highest BCUT2D eigenvalue weighted by Gasteiger charge is 2.25. The number of benzene rings is 1. The molecule has 0 unspecified atom stereocenters. The van der Waals surface area contributed by atoms with Crippen LogP contribution in [0.15, 0.2) is 36.8 Å². The van der Waals surface area contributed by atoms with Gasteiger partial charge in [0, 0.05) is 30.9 Å². The number of aromatic nitrogens is 5. The lowest BCUT2D eigenvalue weighted by atomic mass is 10.1. The second kappa shape index (κ2) is 11.0. The third kappa shape index (κ3) is 5.91. The summed E-state index contributed by atoms with van der Waals surface area (Å²) < 4.78 is 17.9. The first kappa shape index (κ1) is 25.9. The van der Waals surface area contributed by atoms with E-state index >= 15 is 0 Å². The number of fused-ring (bicyclic) bond motifs is 1. The van der Waals surface area contributed by atoms with Crippen LogP contribution in [-0.4, -0.2) is 41.4 Å². The Kier molecular flexibility index (Phi) is 7.29. The van der Waals surface area contributed by atoms with Crippen molar-refractivity contribution in [3.05, 3.63) is 75.7 Å². The van der Waals surface area contributed by atoms with Gasteiger partial charge in [0.2, 0.25) is 0 Å². The number of anilines is 1. The summed E-state index contributed by atoms with van der Waals surface area (Å²) in [7, 11) is 0. The van der Waals surface area contributed by atoms with E-state index < -0.39 is 17.7 Å². The highest BCUT2D eigenvalue weighted by atomic mass is 35.5. The number of imidazole rings is 1. The Bertz CT molecular complexity index is 1610. The van der Waals surface area contributed by atoms with Crippen molar-refractivity contribution in [2.24, 2.45) is 0 Å². The molecule has 0 spiro atoms. The molecule has 0 atom stereocenters. The second-order valence-electron chi connectivity index (χ2n) is 9.10. The fourth-order valence-corrected chi connectivity index (χ4v) is 4.41. The lowest BCUT2D eigenvalue weighted by Gasteiger charge is -2.12. The van der Waals surface area contributed by atoms with Crippen molar-refractivity contribution in [1.29, 1.82) is 5.26 Å². The third-order valence-corrected chi connectivity index (χ3v) is 6.57. The number of carbonyl (C=O) groups excluding carboxylic acids is 1. The lowest BCUT2D eigenvalue weighted by Crippen LogP contribution is -2.24. The first-order valence-electron chi connectivity index (χ1n) is 12.0. The fraction of sp³-hybridized carbons (Fsp3) is 0.280. The molecule has 3 heterocycles. The Balaban J connectivity index is 1.29. The van der Waals surface area contributed by atoms with Gasteiger partial charge in [-0.25, -0.2) is 19.5 Å². The molecule has 0 bridgehead atoms. The van der Waals surface area contributed by atoms with Crippen LogP contribution in [-0.2, 0) is 29.1 Å². The van der Waals surface area contributed by atoms with Crippen molar-refractivity contribution in [3.8, 4) is 6.26 Å². The minimum atomic E-state index is -0.869. The molecule has 39 heavy (non-hydrogen) atoms. The average molecular weight is 553 g/mol. The first-order chi connectivity index (χ1) is 18.8. The van der Waals surface area contributed by atoms with Crippen molar-refractivity contribution < 1.29 is 23.9 Å². The SMILES string of the molecule is N#CONc1ccc(Cl)c(F)c1CNC(=O)c1cn(Cc2cn3cc(C4CC4)cc(CCC(=O)O)c3n2)nn1. The molecule has 3 aromatic heterocycles. The van der Waals surface area contributed by atoms with Gasteiger partial charge in [-0.1, -0.05) is 22.9 Å². The second-order valence-corrected chi connectivity index (χ2v) is 9.50. The summed E-state index contributed by atoms with van der Waals surface area (Å²) in [5.41, 5.74) is 5.78. The standard InChI is InChI=1S/C25H22ClFN8O4/c26-19-4-5-20(32-39-13-28)18(23(19)27)8-29-25(38)21-12-35(33-31-21)11-17-10-34-9-16(14-1-2-14)7-15(24(34)30-17)3-6-22(36)37/h4-5,7,9-10,12,14,32H,1-3,6,8,11H2,(H,29,38)(H,36,37). The summed E-state index contributed by atoms with van der Waals surface area (Å²) >= 11 is 5.85. The predicted molar refractivity (Wildman–Crippen MR) is 135 cm³/mol. The summed E-state index contributed by atoms with van der Waals surface area (Å²) in [6, 6.07) is 4.74. The van der Waals surface area contributed by atoms with Gasteiger partial charge in [-0.3, -0.25) is 9.59 Å².